The molecule has 0 N–H and O–H groups in total. The summed E-state index contributed by atoms with van der Waals surface area (Å²) in [6.45, 7) is 3.39. The molecule has 0 saturated carbocycles. The first kappa shape index (κ1) is 14.1. The predicted molar refractivity (Wildman–Crippen MR) is 70.5 cm³/mol. The first-order chi connectivity index (χ1) is 8.84. The molecule has 2 rings (SSSR count). The van der Waals surface area contributed by atoms with E-state index in [0.29, 0.717) is 5.39 Å². The second-order valence-corrected chi connectivity index (χ2v) is 4.88. The van der Waals surface area contributed by atoms with Crippen molar-refractivity contribution in [2.75, 3.05) is 0 Å². The SMILES string of the molecule is CCCc1ccc2nc(C(F)(F)F)c(C)c(Cl)c2c1. The summed E-state index contributed by atoms with van der Waals surface area (Å²) in [7, 11) is 0. The third-order valence-corrected chi connectivity index (χ3v) is 3.51. The van der Waals surface area contributed by atoms with Crippen LogP contribution in [0.2, 0.25) is 5.02 Å². The molecule has 1 heterocycles. The lowest BCUT2D eigenvalue weighted by molar-refractivity contribution is -0.141. The van der Waals surface area contributed by atoms with Crippen molar-refractivity contribution in [1.82, 2.24) is 4.98 Å². The largest absolute Gasteiger partial charge is 0.433 e. The third-order valence-electron chi connectivity index (χ3n) is 3.02. The Kier molecular flexibility index (Phi) is 3.72. The molecule has 0 saturated heterocycles. The summed E-state index contributed by atoms with van der Waals surface area (Å²) in [6, 6.07) is 5.22. The van der Waals surface area contributed by atoms with E-state index in [1.807, 2.05) is 13.0 Å². The van der Waals surface area contributed by atoms with Gasteiger partial charge in [-0.3, -0.25) is 0 Å². The summed E-state index contributed by atoms with van der Waals surface area (Å²) < 4.78 is 38.5. The molecule has 1 nitrogen and oxygen atoms in total. The Morgan fingerprint density at radius 1 is 1.26 bits per heavy atom. The van der Waals surface area contributed by atoms with E-state index < -0.39 is 11.9 Å². The molecule has 0 atom stereocenters. The van der Waals surface area contributed by atoms with Crippen molar-refractivity contribution < 1.29 is 13.2 Å². The Bertz CT molecular complexity index is 620. The quantitative estimate of drug-likeness (QED) is 0.743. The fourth-order valence-corrected chi connectivity index (χ4v) is 2.33. The molecule has 0 amide bonds. The Hall–Kier alpha value is -1.29. The number of pyridine rings is 1. The summed E-state index contributed by atoms with van der Waals surface area (Å²) in [5.41, 5.74) is 0.407. The zero-order chi connectivity index (χ0) is 14.2. The standard InChI is InChI=1S/C14H13ClF3N/c1-3-4-9-5-6-11-10(7-9)12(15)8(2)13(19-11)14(16,17)18/h5-7H,3-4H2,1-2H3. The highest BCUT2D eigenvalue weighted by Crippen LogP contribution is 2.36. The highest BCUT2D eigenvalue weighted by Gasteiger charge is 2.35. The molecular formula is C14H13ClF3N. The number of hydrogen-bond acceptors (Lipinski definition) is 1. The van der Waals surface area contributed by atoms with E-state index in [-0.39, 0.29) is 16.1 Å². The topological polar surface area (TPSA) is 12.9 Å². The van der Waals surface area contributed by atoms with Crippen molar-refractivity contribution in [3.05, 3.63) is 40.0 Å². The number of hydrogen-bond donors (Lipinski definition) is 0. The van der Waals surface area contributed by atoms with Crippen molar-refractivity contribution in [2.45, 2.75) is 32.9 Å². The normalized spacial score (nSPS) is 12.1. The maximum Gasteiger partial charge on any atom is 0.433 e. The van der Waals surface area contributed by atoms with Crippen molar-refractivity contribution in [2.24, 2.45) is 0 Å². The molecule has 0 aliphatic rings. The molecule has 19 heavy (non-hydrogen) atoms. The van der Waals surface area contributed by atoms with E-state index in [1.54, 1.807) is 12.1 Å². The van der Waals surface area contributed by atoms with Crippen molar-refractivity contribution >= 4 is 22.5 Å². The number of halogens is 4. The number of alkyl halides is 3. The summed E-state index contributed by atoms with van der Waals surface area (Å²) >= 11 is 6.07. The highest BCUT2D eigenvalue weighted by atomic mass is 35.5. The van der Waals surface area contributed by atoms with Gasteiger partial charge in [-0.15, -0.1) is 0 Å². The number of aromatic nitrogens is 1. The van der Waals surface area contributed by atoms with Crippen LogP contribution in [0.5, 0.6) is 0 Å². The minimum atomic E-state index is -4.48. The van der Waals surface area contributed by atoms with Gasteiger partial charge in [0, 0.05) is 5.39 Å². The monoisotopic (exact) mass is 287 g/mol. The average molecular weight is 288 g/mol. The Labute approximate surface area is 114 Å². The molecule has 0 aliphatic heterocycles. The van der Waals surface area contributed by atoms with Crippen molar-refractivity contribution in [3.63, 3.8) is 0 Å². The van der Waals surface area contributed by atoms with Crippen molar-refractivity contribution in [3.8, 4) is 0 Å². The van der Waals surface area contributed by atoms with Crippen LogP contribution in [0.4, 0.5) is 13.2 Å². The van der Waals surface area contributed by atoms with Gasteiger partial charge in [-0.25, -0.2) is 4.98 Å². The van der Waals surface area contributed by atoms with Crippen LogP contribution >= 0.6 is 11.6 Å². The van der Waals surface area contributed by atoms with Gasteiger partial charge < -0.3 is 0 Å². The van der Waals surface area contributed by atoms with Crippen LogP contribution < -0.4 is 0 Å². The van der Waals surface area contributed by atoms with Gasteiger partial charge >= 0.3 is 6.18 Å². The van der Waals surface area contributed by atoms with E-state index in [0.717, 1.165) is 18.4 Å². The van der Waals surface area contributed by atoms with E-state index in [1.165, 1.54) is 6.92 Å². The van der Waals surface area contributed by atoms with Crippen LogP contribution in [0, 0.1) is 6.92 Å². The zero-order valence-electron chi connectivity index (χ0n) is 10.6. The summed E-state index contributed by atoms with van der Waals surface area (Å²) in [6.07, 6.45) is -2.65. The molecule has 0 fully saturated rings. The molecule has 0 spiro atoms. The average Bonchev–Trinajstić information content (AvgIpc) is 2.33. The van der Waals surface area contributed by atoms with Crippen LogP contribution in [0.3, 0.4) is 0 Å². The summed E-state index contributed by atoms with van der Waals surface area (Å²) in [4.78, 5) is 3.70. The highest BCUT2D eigenvalue weighted by molar-refractivity contribution is 6.36. The summed E-state index contributed by atoms with van der Waals surface area (Å²) in [5, 5.41) is 0.716. The Balaban J connectivity index is 2.69. The molecular weight excluding hydrogens is 275 g/mol. The van der Waals surface area contributed by atoms with Gasteiger partial charge in [0.05, 0.1) is 10.5 Å². The first-order valence-corrected chi connectivity index (χ1v) is 6.38. The minimum absolute atomic E-state index is 0.0182. The fraction of sp³-hybridized carbons (Fsp3) is 0.357. The lowest BCUT2D eigenvalue weighted by Crippen LogP contribution is -2.11. The van der Waals surface area contributed by atoms with E-state index in [4.69, 9.17) is 11.6 Å². The smallest absolute Gasteiger partial charge is 0.243 e. The van der Waals surface area contributed by atoms with E-state index in [9.17, 15) is 13.2 Å². The summed E-state index contributed by atoms with van der Waals surface area (Å²) in [5.74, 6) is 0. The lowest BCUT2D eigenvalue weighted by Gasteiger charge is -2.13. The predicted octanol–water partition coefficient (Wildman–Crippen LogP) is 5.17. The van der Waals surface area contributed by atoms with Crippen LogP contribution in [-0.4, -0.2) is 4.98 Å². The van der Waals surface area contributed by atoms with Gasteiger partial charge in [0.2, 0.25) is 0 Å². The van der Waals surface area contributed by atoms with Gasteiger partial charge in [-0.05, 0) is 36.6 Å². The molecule has 2 aromatic rings. The van der Waals surface area contributed by atoms with Crippen LogP contribution in [0.1, 0.15) is 30.2 Å². The molecule has 1 aromatic carbocycles. The van der Waals surface area contributed by atoms with Gasteiger partial charge in [-0.2, -0.15) is 13.2 Å². The van der Waals surface area contributed by atoms with Gasteiger partial charge in [0.1, 0.15) is 5.69 Å². The van der Waals surface area contributed by atoms with Crippen LogP contribution in [0.25, 0.3) is 10.9 Å². The molecule has 1 aromatic heterocycles. The van der Waals surface area contributed by atoms with Gasteiger partial charge in [-0.1, -0.05) is 31.0 Å². The zero-order valence-corrected chi connectivity index (χ0v) is 11.4. The number of rotatable bonds is 2. The molecule has 0 radical (unpaired) electrons. The molecule has 5 heteroatoms. The number of aryl methyl sites for hydroxylation is 1. The van der Waals surface area contributed by atoms with Gasteiger partial charge in [0.15, 0.2) is 0 Å². The van der Waals surface area contributed by atoms with Crippen molar-refractivity contribution in [1.29, 1.82) is 0 Å². The number of benzene rings is 1. The maximum atomic E-state index is 12.8. The second kappa shape index (κ2) is 5.00. The Morgan fingerprint density at radius 2 is 1.95 bits per heavy atom. The molecule has 0 bridgehead atoms. The fourth-order valence-electron chi connectivity index (χ4n) is 2.09. The van der Waals surface area contributed by atoms with E-state index >= 15 is 0 Å². The molecule has 102 valence electrons. The Morgan fingerprint density at radius 3 is 2.53 bits per heavy atom. The number of fused-ring (bicyclic) bond motifs is 1. The van der Waals surface area contributed by atoms with E-state index in [2.05, 4.69) is 4.98 Å². The first-order valence-electron chi connectivity index (χ1n) is 6.00. The molecule has 0 aliphatic carbocycles. The molecule has 0 unspecified atom stereocenters. The third kappa shape index (κ3) is 2.68. The lowest BCUT2D eigenvalue weighted by atomic mass is 10.0. The van der Waals surface area contributed by atoms with Crippen LogP contribution in [0.15, 0.2) is 18.2 Å². The second-order valence-electron chi connectivity index (χ2n) is 4.50. The maximum absolute atomic E-state index is 12.8. The minimum Gasteiger partial charge on any atom is -0.243 e. The number of nitrogens with zero attached hydrogens (tertiary/aromatic N) is 1. The van der Waals surface area contributed by atoms with Gasteiger partial charge in [0.25, 0.3) is 0 Å². The van der Waals surface area contributed by atoms with Crippen LogP contribution in [-0.2, 0) is 12.6 Å².